The summed E-state index contributed by atoms with van der Waals surface area (Å²) in [5.74, 6) is 5.90. The van der Waals surface area contributed by atoms with Crippen LogP contribution < -0.4 is 11.3 Å². The minimum Gasteiger partial charge on any atom is -0.270 e. The van der Waals surface area contributed by atoms with Crippen LogP contribution in [0.5, 0.6) is 0 Å². The summed E-state index contributed by atoms with van der Waals surface area (Å²) in [5.41, 5.74) is 4.28. The van der Waals surface area contributed by atoms with Crippen molar-refractivity contribution < 1.29 is 0 Å². The van der Waals surface area contributed by atoms with Gasteiger partial charge in [-0.25, -0.2) is 5.43 Å². The maximum atomic E-state index is 9.00. The topological polar surface area (TPSA) is 61.8 Å². The van der Waals surface area contributed by atoms with Gasteiger partial charge >= 0.3 is 0 Å². The van der Waals surface area contributed by atoms with Crippen molar-refractivity contribution in [2.45, 2.75) is 38.6 Å². The van der Waals surface area contributed by atoms with Crippen LogP contribution in [0.25, 0.3) is 0 Å². The van der Waals surface area contributed by atoms with Gasteiger partial charge in [0, 0.05) is 6.42 Å². The highest BCUT2D eigenvalue weighted by Gasteiger charge is 2.21. The molecule has 3 N–H and O–H groups in total. The molecule has 0 heterocycles. The van der Waals surface area contributed by atoms with Gasteiger partial charge in [0.1, 0.15) is 5.54 Å². The Kier molecular flexibility index (Phi) is 4.05. The predicted octanol–water partition coefficient (Wildman–Crippen LogP) is 2.10. The number of rotatable bonds is 4. The lowest BCUT2D eigenvalue weighted by molar-refractivity contribution is 0.458. The number of nitriles is 1. The molecule has 1 atom stereocenters. The van der Waals surface area contributed by atoms with E-state index >= 15 is 0 Å². The first-order valence-electron chi connectivity index (χ1n) is 5.48. The SMILES string of the molecule is CC(C)c1ccc(CC(C)(C#N)NN)cc1. The van der Waals surface area contributed by atoms with Crippen molar-refractivity contribution in [3.8, 4) is 6.07 Å². The molecule has 0 aliphatic carbocycles. The molecule has 1 aromatic rings. The molecule has 3 nitrogen and oxygen atoms in total. The smallest absolute Gasteiger partial charge is 0.119 e. The largest absolute Gasteiger partial charge is 0.270 e. The summed E-state index contributed by atoms with van der Waals surface area (Å²) in [6.07, 6.45) is 0.609. The highest BCUT2D eigenvalue weighted by Crippen LogP contribution is 2.17. The second kappa shape index (κ2) is 5.11. The van der Waals surface area contributed by atoms with Crippen LogP contribution in [0.1, 0.15) is 37.8 Å². The van der Waals surface area contributed by atoms with E-state index in [9.17, 15) is 0 Å². The highest BCUT2D eigenvalue weighted by atomic mass is 15.3. The summed E-state index contributed by atoms with van der Waals surface area (Å²) in [6.45, 7) is 6.12. The van der Waals surface area contributed by atoms with Crippen LogP contribution in [-0.4, -0.2) is 5.54 Å². The maximum Gasteiger partial charge on any atom is 0.119 e. The fourth-order valence-corrected chi connectivity index (χ4v) is 1.55. The minimum absolute atomic E-state index is 0.532. The Morgan fingerprint density at radius 1 is 1.38 bits per heavy atom. The average molecular weight is 217 g/mol. The molecule has 1 aromatic carbocycles. The van der Waals surface area contributed by atoms with E-state index in [2.05, 4.69) is 49.6 Å². The van der Waals surface area contributed by atoms with Crippen LogP contribution in [0.3, 0.4) is 0 Å². The van der Waals surface area contributed by atoms with Gasteiger partial charge in [-0.1, -0.05) is 38.1 Å². The fourth-order valence-electron chi connectivity index (χ4n) is 1.55. The van der Waals surface area contributed by atoms with Crippen LogP contribution in [0.2, 0.25) is 0 Å². The quantitative estimate of drug-likeness (QED) is 0.599. The number of hydrazine groups is 1. The molecule has 0 bridgehead atoms. The van der Waals surface area contributed by atoms with Gasteiger partial charge < -0.3 is 0 Å². The Balaban J connectivity index is 2.80. The molecule has 1 rings (SSSR count). The zero-order chi connectivity index (χ0) is 12.2. The van der Waals surface area contributed by atoms with Crippen LogP contribution in [0, 0.1) is 11.3 Å². The van der Waals surface area contributed by atoms with Gasteiger partial charge in [-0.15, -0.1) is 0 Å². The summed E-state index contributed by atoms with van der Waals surface area (Å²) in [4.78, 5) is 0. The molecule has 0 fully saturated rings. The molecule has 0 aromatic heterocycles. The minimum atomic E-state index is -0.695. The van der Waals surface area contributed by atoms with E-state index in [1.54, 1.807) is 6.92 Å². The first-order chi connectivity index (χ1) is 7.50. The van der Waals surface area contributed by atoms with Crippen LogP contribution in [0.4, 0.5) is 0 Å². The van der Waals surface area contributed by atoms with E-state index < -0.39 is 5.54 Å². The first kappa shape index (κ1) is 12.7. The Labute approximate surface area is 97.2 Å². The number of nitrogens with one attached hydrogen (secondary N) is 1. The molecular formula is C13H19N3. The van der Waals surface area contributed by atoms with Crippen molar-refractivity contribution in [2.75, 3.05) is 0 Å². The molecule has 0 aliphatic rings. The monoisotopic (exact) mass is 217 g/mol. The van der Waals surface area contributed by atoms with Crippen molar-refractivity contribution >= 4 is 0 Å². The third-order valence-electron chi connectivity index (χ3n) is 2.77. The number of nitrogens with two attached hydrogens (primary N) is 1. The van der Waals surface area contributed by atoms with Crippen LogP contribution in [0.15, 0.2) is 24.3 Å². The van der Waals surface area contributed by atoms with Crippen molar-refractivity contribution in [2.24, 2.45) is 5.84 Å². The molecule has 3 heteroatoms. The molecule has 0 saturated heterocycles. The summed E-state index contributed by atoms with van der Waals surface area (Å²) < 4.78 is 0. The van der Waals surface area contributed by atoms with Gasteiger partial charge in [-0.3, -0.25) is 5.84 Å². The number of benzene rings is 1. The second-order valence-corrected chi connectivity index (χ2v) is 4.66. The van der Waals surface area contributed by atoms with Gasteiger partial charge in [-0.05, 0) is 24.0 Å². The molecule has 16 heavy (non-hydrogen) atoms. The van der Waals surface area contributed by atoms with Crippen molar-refractivity contribution in [3.05, 3.63) is 35.4 Å². The van der Waals surface area contributed by atoms with Crippen molar-refractivity contribution in [1.82, 2.24) is 5.43 Å². The van der Waals surface area contributed by atoms with Crippen LogP contribution in [-0.2, 0) is 6.42 Å². The maximum absolute atomic E-state index is 9.00. The van der Waals surface area contributed by atoms with E-state index in [4.69, 9.17) is 11.1 Å². The lowest BCUT2D eigenvalue weighted by Crippen LogP contribution is -2.47. The Hall–Kier alpha value is -1.37. The number of hydrogen-bond acceptors (Lipinski definition) is 3. The fraction of sp³-hybridized carbons (Fsp3) is 0.462. The lowest BCUT2D eigenvalue weighted by Gasteiger charge is -2.20. The van der Waals surface area contributed by atoms with Gasteiger partial charge in [0.25, 0.3) is 0 Å². The zero-order valence-corrected chi connectivity index (χ0v) is 10.1. The van der Waals surface area contributed by atoms with Gasteiger partial charge in [0.05, 0.1) is 6.07 Å². The third-order valence-corrected chi connectivity index (χ3v) is 2.77. The summed E-state index contributed by atoms with van der Waals surface area (Å²) >= 11 is 0. The van der Waals surface area contributed by atoms with E-state index in [0.29, 0.717) is 12.3 Å². The van der Waals surface area contributed by atoms with Gasteiger partial charge in [0.2, 0.25) is 0 Å². The summed E-state index contributed by atoms with van der Waals surface area (Å²) in [5, 5.41) is 9.00. The lowest BCUT2D eigenvalue weighted by atomic mass is 9.93. The van der Waals surface area contributed by atoms with Gasteiger partial charge in [0.15, 0.2) is 0 Å². The molecule has 0 spiro atoms. The Bertz CT molecular complexity index is 375. The molecule has 0 amide bonds. The molecule has 1 unspecified atom stereocenters. The number of hydrogen-bond donors (Lipinski definition) is 2. The van der Waals surface area contributed by atoms with E-state index in [1.165, 1.54) is 5.56 Å². The average Bonchev–Trinajstić information content (AvgIpc) is 2.29. The van der Waals surface area contributed by atoms with E-state index in [0.717, 1.165) is 5.56 Å². The molecule has 86 valence electrons. The first-order valence-corrected chi connectivity index (χ1v) is 5.48. The molecule has 0 aliphatic heterocycles. The van der Waals surface area contributed by atoms with Crippen LogP contribution >= 0.6 is 0 Å². The molecule has 0 radical (unpaired) electrons. The Morgan fingerprint density at radius 3 is 2.31 bits per heavy atom. The van der Waals surface area contributed by atoms with Gasteiger partial charge in [-0.2, -0.15) is 5.26 Å². The van der Waals surface area contributed by atoms with E-state index in [-0.39, 0.29) is 0 Å². The summed E-state index contributed by atoms with van der Waals surface area (Å²) in [7, 11) is 0. The zero-order valence-electron chi connectivity index (χ0n) is 10.1. The van der Waals surface area contributed by atoms with E-state index in [1.807, 2.05) is 0 Å². The third kappa shape index (κ3) is 3.06. The molecule has 0 saturated carbocycles. The normalized spacial score (nSPS) is 14.5. The van der Waals surface area contributed by atoms with Crippen molar-refractivity contribution in [3.63, 3.8) is 0 Å². The van der Waals surface area contributed by atoms with Crippen molar-refractivity contribution in [1.29, 1.82) is 5.26 Å². The summed E-state index contributed by atoms with van der Waals surface area (Å²) in [6, 6.07) is 10.5. The second-order valence-electron chi connectivity index (χ2n) is 4.66. The Morgan fingerprint density at radius 2 is 1.94 bits per heavy atom. The predicted molar refractivity (Wildman–Crippen MR) is 65.6 cm³/mol. The standard InChI is InChI=1S/C13H19N3/c1-10(2)12-6-4-11(5-7-12)8-13(3,9-14)16-15/h4-7,10,16H,8,15H2,1-3H3. The molecular weight excluding hydrogens is 198 g/mol. The number of nitrogens with zero attached hydrogens (tertiary/aromatic N) is 1. The highest BCUT2D eigenvalue weighted by molar-refractivity contribution is 5.27.